The van der Waals surface area contributed by atoms with Crippen molar-refractivity contribution < 1.29 is 0 Å². The number of benzene rings is 2. The zero-order chi connectivity index (χ0) is 14.7. The highest BCUT2D eigenvalue weighted by Gasteiger charge is 2.06. The summed E-state index contributed by atoms with van der Waals surface area (Å²) in [4.78, 5) is 14.6. The number of thioether (sulfide) groups is 1. The molecule has 3 rings (SSSR count). The summed E-state index contributed by atoms with van der Waals surface area (Å²) in [6.07, 6.45) is 1.36. The summed E-state index contributed by atoms with van der Waals surface area (Å²) >= 11 is 1.59. The maximum atomic E-state index is 11.7. The molecular formula is C17H14N2OS. The first-order valence-corrected chi connectivity index (χ1v) is 7.60. The van der Waals surface area contributed by atoms with Gasteiger partial charge in [-0.2, -0.15) is 0 Å². The molecule has 0 aliphatic heterocycles. The fourth-order valence-electron chi connectivity index (χ4n) is 2.26. The van der Waals surface area contributed by atoms with Crippen molar-refractivity contribution in [1.82, 2.24) is 4.98 Å². The van der Waals surface area contributed by atoms with Gasteiger partial charge in [0.05, 0.1) is 5.03 Å². The maximum Gasteiger partial charge on any atom is 0.249 e. The van der Waals surface area contributed by atoms with Gasteiger partial charge in [0.25, 0.3) is 0 Å². The molecule has 0 saturated carbocycles. The van der Waals surface area contributed by atoms with Gasteiger partial charge in [-0.1, -0.05) is 48.5 Å². The predicted molar refractivity (Wildman–Crippen MR) is 88.5 cm³/mol. The normalized spacial score (nSPS) is 10.7. The summed E-state index contributed by atoms with van der Waals surface area (Å²) in [6.45, 7) is 0. The van der Waals surface area contributed by atoms with E-state index in [2.05, 4.69) is 4.98 Å². The largest absolute Gasteiger partial charge is 0.317 e. The van der Waals surface area contributed by atoms with Gasteiger partial charge in [-0.05, 0) is 16.5 Å². The standard InChI is InChI=1S/C17H14N2OS/c18-10-13-6-1-2-7-14(13)11-21-17-15-8-4-3-5-12(15)9-16(20)19-17/h1-10,18H,11H2,(H,19,20). The van der Waals surface area contributed by atoms with E-state index in [1.807, 2.05) is 48.5 Å². The van der Waals surface area contributed by atoms with E-state index in [1.165, 1.54) is 6.21 Å². The molecule has 0 spiro atoms. The van der Waals surface area contributed by atoms with Crippen molar-refractivity contribution in [3.05, 3.63) is 76.1 Å². The number of pyridine rings is 1. The molecule has 0 saturated heterocycles. The van der Waals surface area contributed by atoms with Crippen LogP contribution in [0.15, 0.2) is 64.4 Å². The summed E-state index contributed by atoms with van der Waals surface area (Å²) in [7, 11) is 0. The molecule has 0 aliphatic carbocycles. The summed E-state index contributed by atoms with van der Waals surface area (Å²) in [5, 5.41) is 10.3. The monoisotopic (exact) mass is 294 g/mol. The quantitative estimate of drug-likeness (QED) is 0.567. The van der Waals surface area contributed by atoms with Crippen LogP contribution in [0.1, 0.15) is 11.1 Å². The SMILES string of the molecule is N=Cc1ccccc1CSc1[nH]c(=O)cc2ccccc12. The van der Waals surface area contributed by atoms with Crippen LogP contribution in [0.25, 0.3) is 10.8 Å². The van der Waals surface area contributed by atoms with E-state index >= 15 is 0 Å². The number of hydrogen-bond acceptors (Lipinski definition) is 3. The van der Waals surface area contributed by atoms with Crippen LogP contribution in [0, 0.1) is 5.41 Å². The van der Waals surface area contributed by atoms with Gasteiger partial charge in [-0.3, -0.25) is 4.79 Å². The minimum atomic E-state index is -0.0865. The van der Waals surface area contributed by atoms with Crippen LogP contribution >= 0.6 is 11.8 Å². The lowest BCUT2D eigenvalue weighted by Gasteiger charge is -2.08. The molecule has 0 atom stereocenters. The Morgan fingerprint density at radius 3 is 2.71 bits per heavy atom. The minimum absolute atomic E-state index is 0.0865. The van der Waals surface area contributed by atoms with E-state index in [9.17, 15) is 4.79 Å². The fraction of sp³-hybridized carbons (Fsp3) is 0.0588. The molecule has 3 aromatic rings. The third-order valence-electron chi connectivity index (χ3n) is 3.31. The highest BCUT2D eigenvalue weighted by molar-refractivity contribution is 7.98. The van der Waals surface area contributed by atoms with E-state index in [0.717, 1.165) is 32.7 Å². The first-order valence-electron chi connectivity index (χ1n) is 6.61. The lowest BCUT2D eigenvalue weighted by molar-refractivity contribution is 1.11. The van der Waals surface area contributed by atoms with E-state index in [4.69, 9.17) is 5.41 Å². The van der Waals surface area contributed by atoms with Crippen molar-refractivity contribution in [2.24, 2.45) is 0 Å². The first-order chi connectivity index (χ1) is 10.3. The van der Waals surface area contributed by atoms with Crippen LogP contribution in [0.5, 0.6) is 0 Å². The van der Waals surface area contributed by atoms with Crippen molar-refractivity contribution in [3.8, 4) is 0 Å². The number of aromatic amines is 1. The second kappa shape index (κ2) is 5.97. The third-order valence-corrected chi connectivity index (χ3v) is 4.38. The van der Waals surface area contributed by atoms with E-state index < -0.39 is 0 Å². The number of rotatable bonds is 4. The Bertz CT molecular complexity index is 855. The zero-order valence-corrected chi connectivity index (χ0v) is 12.1. The van der Waals surface area contributed by atoms with Gasteiger partial charge < -0.3 is 10.4 Å². The number of nitrogens with one attached hydrogen (secondary N) is 2. The Morgan fingerprint density at radius 2 is 1.86 bits per heavy atom. The van der Waals surface area contributed by atoms with Crippen LogP contribution in [0.2, 0.25) is 0 Å². The van der Waals surface area contributed by atoms with Crippen molar-refractivity contribution in [2.75, 3.05) is 0 Å². The minimum Gasteiger partial charge on any atom is -0.317 e. The molecule has 0 radical (unpaired) electrons. The van der Waals surface area contributed by atoms with Crippen LogP contribution in [-0.2, 0) is 5.75 Å². The Labute approximate surface area is 126 Å². The number of aromatic nitrogens is 1. The molecule has 0 fully saturated rings. The van der Waals surface area contributed by atoms with Crippen LogP contribution < -0.4 is 5.56 Å². The Balaban J connectivity index is 1.95. The molecule has 0 aliphatic rings. The Kier molecular flexibility index (Phi) is 3.88. The Hall–Kier alpha value is -2.33. The third kappa shape index (κ3) is 2.90. The van der Waals surface area contributed by atoms with Gasteiger partial charge in [0.2, 0.25) is 5.56 Å². The van der Waals surface area contributed by atoms with Crippen molar-refractivity contribution in [2.45, 2.75) is 10.8 Å². The molecular weight excluding hydrogens is 280 g/mol. The van der Waals surface area contributed by atoms with Crippen molar-refractivity contribution in [3.63, 3.8) is 0 Å². The summed E-state index contributed by atoms with van der Waals surface area (Å²) < 4.78 is 0. The topological polar surface area (TPSA) is 56.7 Å². The van der Waals surface area contributed by atoms with Crippen LogP contribution in [0.4, 0.5) is 0 Å². The van der Waals surface area contributed by atoms with Crippen LogP contribution in [0.3, 0.4) is 0 Å². The lowest BCUT2D eigenvalue weighted by atomic mass is 10.1. The number of fused-ring (bicyclic) bond motifs is 1. The maximum absolute atomic E-state index is 11.7. The molecule has 0 unspecified atom stereocenters. The second-order valence-electron chi connectivity index (χ2n) is 4.68. The fourth-order valence-corrected chi connectivity index (χ4v) is 3.33. The number of H-pyrrole nitrogens is 1. The summed E-state index contributed by atoms with van der Waals surface area (Å²) in [5.74, 6) is 0.718. The highest BCUT2D eigenvalue weighted by Crippen LogP contribution is 2.27. The van der Waals surface area contributed by atoms with Gasteiger partial charge in [0, 0.05) is 23.4 Å². The van der Waals surface area contributed by atoms with Gasteiger partial charge in [-0.25, -0.2) is 0 Å². The van der Waals surface area contributed by atoms with Gasteiger partial charge in [-0.15, -0.1) is 11.8 Å². The molecule has 1 aromatic heterocycles. The lowest BCUT2D eigenvalue weighted by Crippen LogP contribution is -2.05. The predicted octanol–water partition coefficient (Wildman–Crippen LogP) is 3.82. The zero-order valence-electron chi connectivity index (χ0n) is 11.3. The Morgan fingerprint density at radius 1 is 1.10 bits per heavy atom. The van der Waals surface area contributed by atoms with Gasteiger partial charge in [0.15, 0.2) is 0 Å². The van der Waals surface area contributed by atoms with Crippen molar-refractivity contribution in [1.29, 1.82) is 5.41 Å². The molecule has 2 aromatic carbocycles. The van der Waals surface area contributed by atoms with Gasteiger partial charge in [0.1, 0.15) is 0 Å². The van der Waals surface area contributed by atoms with E-state index in [1.54, 1.807) is 17.8 Å². The molecule has 21 heavy (non-hydrogen) atoms. The van der Waals surface area contributed by atoms with E-state index in [0.29, 0.717) is 0 Å². The summed E-state index contributed by atoms with van der Waals surface area (Å²) in [6, 6.07) is 17.3. The average Bonchev–Trinajstić information content (AvgIpc) is 2.52. The van der Waals surface area contributed by atoms with Crippen LogP contribution in [-0.4, -0.2) is 11.2 Å². The molecule has 1 heterocycles. The second-order valence-corrected chi connectivity index (χ2v) is 5.67. The molecule has 4 heteroatoms. The molecule has 3 nitrogen and oxygen atoms in total. The smallest absolute Gasteiger partial charge is 0.249 e. The summed E-state index contributed by atoms with van der Waals surface area (Å²) in [5.41, 5.74) is 1.91. The molecule has 0 amide bonds. The van der Waals surface area contributed by atoms with E-state index in [-0.39, 0.29) is 5.56 Å². The molecule has 0 bridgehead atoms. The highest BCUT2D eigenvalue weighted by atomic mass is 32.2. The van der Waals surface area contributed by atoms with Gasteiger partial charge >= 0.3 is 0 Å². The van der Waals surface area contributed by atoms with Crippen molar-refractivity contribution >= 4 is 28.7 Å². The first kappa shape index (κ1) is 13.6. The number of hydrogen-bond donors (Lipinski definition) is 2. The average molecular weight is 294 g/mol. The molecule has 2 N–H and O–H groups in total. The molecule has 104 valence electrons.